The van der Waals surface area contributed by atoms with Gasteiger partial charge in [-0.05, 0) is 13.3 Å². The van der Waals surface area contributed by atoms with Gasteiger partial charge in [-0.25, -0.2) is 14.8 Å². The monoisotopic (exact) mass is 297 g/mol. The average Bonchev–Trinajstić information content (AvgIpc) is 3.01. The van der Waals surface area contributed by atoms with Crippen molar-refractivity contribution in [2.45, 2.75) is 26.8 Å². The molecule has 5 nitrogen and oxygen atoms in total. The van der Waals surface area contributed by atoms with E-state index >= 15 is 0 Å². The lowest BCUT2D eigenvalue weighted by atomic mass is 10.4. The Morgan fingerprint density at radius 3 is 2.89 bits per heavy atom. The highest BCUT2D eigenvalue weighted by atomic mass is 32.1. The Kier molecular flexibility index (Phi) is 4.49. The van der Waals surface area contributed by atoms with Gasteiger partial charge in [0.25, 0.3) is 0 Å². The largest absolute Gasteiger partial charge is 0.464 e. The van der Waals surface area contributed by atoms with E-state index < -0.39 is 5.97 Å². The summed E-state index contributed by atoms with van der Waals surface area (Å²) in [6.45, 7) is 4.59. The van der Waals surface area contributed by atoms with Gasteiger partial charge in [-0.15, -0.1) is 22.7 Å². The van der Waals surface area contributed by atoms with Crippen LogP contribution in [0.25, 0.3) is 0 Å². The van der Waals surface area contributed by atoms with Crippen LogP contribution < -0.4 is 5.32 Å². The van der Waals surface area contributed by atoms with Crippen LogP contribution in [0.2, 0.25) is 0 Å². The maximum atomic E-state index is 11.4. The van der Waals surface area contributed by atoms with Crippen LogP contribution in [-0.2, 0) is 17.7 Å². The van der Waals surface area contributed by atoms with Crippen LogP contribution in [0, 0.1) is 6.92 Å². The van der Waals surface area contributed by atoms with Gasteiger partial charge in [0.15, 0.2) is 10.8 Å². The zero-order valence-corrected chi connectivity index (χ0v) is 12.7. The molecule has 7 heteroatoms. The Labute approximate surface area is 119 Å². The van der Waals surface area contributed by atoms with E-state index in [1.165, 1.54) is 23.3 Å². The number of hydrogen-bond acceptors (Lipinski definition) is 7. The van der Waals surface area contributed by atoms with E-state index in [1.807, 2.05) is 13.1 Å². The standard InChI is InChI=1S/C12H15N3O2S2/c1-4-8-5-13-9(19-8)6-14-12-15-10(7(2)18-12)11(16)17-3/h5H,4,6H2,1-3H3,(H,14,15). The molecule has 0 amide bonds. The van der Waals surface area contributed by atoms with Crippen LogP contribution in [-0.4, -0.2) is 23.0 Å². The second kappa shape index (κ2) is 6.12. The van der Waals surface area contributed by atoms with Crippen LogP contribution in [0.4, 0.5) is 5.13 Å². The number of methoxy groups -OCH3 is 1. The molecule has 0 unspecified atom stereocenters. The molecular formula is C12H15N3O2S2. The number of nitrogens with zero attached hydrogens (tertiary/aromatic N) is 2. The van der Waals surface area contributed by atoms with Crippen molar-refractivity contribution in [2.24, 2.45) is 0 Å². The number of thiazole rings is 2. The summed E-state index contributed by atoms with van der Waals surface area (Å²) >= 11 is 3.13. The number of carbonyl (C=O) groups is 1. The third-order valence-electron chi connectivity index (χ3n) is 2.52. The van der Waals surface area contributed by atoms with Gasteiger partial charge in [-0.3, -0.25) is 0 Å². The Balaban J connectivity index is 2.01. The third-order valence-corrected chi connectivity index (χ3v) is 4.59. The number of nitrogens with one attached hydrogen (secondary N) is 1. The van der Waals surface area contributed by atoms with Gasteiger partial charge in [0.2, 0.25) is 0 Å². The Bertz CT molecular complexity index is 577. The summed E-state index contributed by atoms with van der Waals surface area (Å²) in [5.74, 6) is -0.399. The highest BCUT2D eigenvalue weighted by molar-refractivity contribution is 7.15. The zero-order chi connectivity index (χ0) is 13.8. The molecule has 19 heavy (non-hydrogen) atoms. The van der Waals surface area contributed by atoms with Gasteiger partial charge < -0.3 is 10.1 Å². The number of anilines is 1. The summed E-state index contributed by atoms with van der Waals surface area (Å²) in [7, 11) is 1.36. The molecular weight excluding hydrogens is 282 g/mol. The Morgan fingerprint density at radius 2 is 2.26 bits per heavy atom. The van der Waals surface area contributed by atoms with Gasteiger partial charge in [0.05, 0.1) is 13.7 Å². The van der Waals surface area contributed by atoms with Gasteiger partial charge >= 0.3 is 5.97 Å². The smallest absolute Gasteiger partial charge is 0.357 e. The van der Waals surface area contributed by atoms with Gasteiger partial charge in [0, 0.05) is 16.0 Å². The molecule has 0 fully saturated rings. The molecule has 0 radical (unpaired) electrons. The van der Waals surface area contributed by atoms with Crippen molar-refractivity contribution in [3.63, 3.8) is 0 Å². The first-order valence-corrected chi connectivity index (χ1v) is 7.50. The topological polar surface area (TPSA) is 64.1 Å². The molecule has 0 aliphatic heterocycles. The van der Waals surface area contributed by atoms with Crippen LogP contribution >= 0.6 is 22.7 Å². The van der Waals surface area contributed by atoms with Crippen molar-refractivity contribution < 1.29 is 9.53 Å². The Hall–Kier alpha value is -1.47. The quantitative estimate of drug-likeness (QED) is 0.860. The number of aryl methyl sites for hydroxylation is 2. The molecule has 0 saturated carbocycles. The molecule has 2 aromatic rings. The summed E-state index contributed by atoms with van der Waals surface area (Å²) in [5, 5.41) is 4.92. The SMILES string of the molecule is CCc1cnc(CNc2nc(C(=O)OC)c(C)s2)s1. The van der Waals surface area contributed by atoms with E-state index in [-0.39, 0.29) is 0 Å². The predicted octanol–water partition coefficient (Wildman–Crippen LogP) is 2.87. The normalized spacial score (nSPS) is 10.5. The second-order valence-corrected chi connectivity index (χ2v) is 6.25. The summed E-state index contributed by atoms with van der Waals surface area (Å²) < 4.78 is 4.68. The molecule has 0 aromatic carbocycles. The highest BCUT2D eigenvalue weighted by Crippen LogP contribution is 2.23. The van der Waals surface area contributed by atoms with Crippen molar-refractivity contribution in [3.8, 4) is 0 Å². The summed E-state index contributed by atoms with van der Waals surface area (Å²) in [5.41, 5.74) is 0.378. The molecule has 0 bridgehead atoms. The fourth-order valence-corrected chi connectivity index (χ4v) is 3.10. The molecule has 2 aromatic heterocycles. The summed E-state index contributed by atoms with van der Waals surface area (Å²) in [6, 6.07) is 0. The van der Waals surface area contributed by atoms with Gasteiger partial charge in [0.1, 0.15) is 5.01 Å². The second-order valence-electron chi connectivity index (χ2n) is 3.84. The maximum absolute atomic E-state index is 11.4. The molecule has 2 rings (SSSR count). The maximum Gasteiger partial charge on any atom is 0.357 e. The minimum absolute atomic E-state index is 0.378. The molecule has 0 spiro atoms. The zero-order valence-electron chi connectivity index (χ0n) is 11.0. The first-order chi connectivity index (χ1) is 9.13. The number of aromatic nitrogens is 2. The minimum atomic E-state index is -0.399. The van der Waals surface area contributed by atoms with E-state index in [9.17, 15) is 4.79 Å². The molecule has 0 aliphatic carbocycles. The number of hydrogen-bond donors (Lipinski definition) is 1. The molecule has 0 aliphatic rings. The van der Waals surface area contributed by atoms with Crippen LogP contribution in [0.3, 0.4) is 0 Å². The molecule has 1 N–H and O–H groups in total. The minimum Gasteiger partial charge on any atom is -0.464 e. The Morgan fingerprint density at radius 1 is 1.47 bits per heavy atom. The number of esters is 1. The number of ether oxygens (including phenoxy) is 1. The van der Waals surface area contributed by atoms with Crippen molar-refractivity contribution in [2.75, 3.05) is 12.4 Å². The number of carbonyl (C=O) groups excluding carboxylic acids is 1. The van der Waals surface area contributed by atoms with E-state index in [1.54, 1.807) is 11.3 Å². The molecule has 102 valence electrons. The molecule has 0 atom stereocenters. The summed E-state index contributed by atoms with van der Waals surface area (Å²) in [4.78, 5) is 22.1. The van der Waals surface area contributed by atoms with E-state index in [0.717, 1.165) is 16.3 Å². The van der Waals surface area contributed by atoms with E-state index in [2.05, 4.69) is 26.9 Å². The van der Waals surface area contributed by atoms with Crippen LogP contribution in [0.15, 0.2) is 6.20 Å². The predicted molar refractivity (Wildman–Crippen MR) is 77.0 cm³/mol. The van der Waals surface area contributed by atoms with Crippen molar-refractivity contribution in [1.82, 2.24) is 9.97 Å². The van der Waals surface area contributed by atoms with Gasteiger partial charge in [-0.2, -0.15) is 0 Å². The van der Waals surface area contributed by atoms with Crippen molar-refractivity contribution in [1.29, 1.82) is 0 Å². The lowest BCUT2D eigenvalue weighted by molar-refractivity contribution is 0.0594. The number of rotatable bonds is 5. The van der Waals surface area contributed by atoms with Crippen LogP contribution in [0.1, 0.15) is 32.2 Å². The highest BCUT2D eigenvalue weighted by Gasteiger charge is 2.15. The van der Waals surface area contributed by atoms with Crippen molar-refractivity contribution >= 4 is 33.8 Å². The fraction of sp³-hybridized carbons (Fsp3) is 0.417. The molecule has 2 heterocycles. The first-order valence-electron chi connectivity index (χ1n) is 5.87. The van der Waals surface area contributed by atoms with E-state index in [4.69, 9.17) is 0 Å². The fourth-order valence-electron chi connectivity index (χ4n) is 1.50. The van der Waals surface area contributed by atoms with Gasteiger partial charge in [-0.1, -0.05) is 6.92 Å². The summed E-state index contributed by atoms with van der Waals surface area (Å²) in [6.07, 6.45) is 2.90. The third kappa shape index (κ3) is 3.30. The molecule has 0 saturated heterocycles. The van der Waals surface area contributed by atoms with E-state index in [0.29, 0.717) is 17.4 Å². The van der Waals surface area contributed by atoms with Crippen LogP contribution in [0.5, 0.6) is 0 Å². The first kappa shape index (κ1) is 14.0. The lowest BCUT2D eigenvalue weighted by Gasteiger charge is -1.98. The lowest BCUT2D eigenvalue weighted by Crippen LogP contribution is -2.04. The average molecular weight is 297 g/mol. The van der Waals surface area contributed by atoms with Crippen molar-refractivity contribution in [3.05, 3.63) is 26.7 Å².